The lowest BCUT2D eigenvalue weighted by molar-refractivity contribution is -0.273. The summed E-state index contributed by atoms with van der Waals surface area (Å²) in [6.45, 7) is 0.472. The summed E-state index contributed by atoms with van der Waals surface area (Å²) in [5, 5.41) is 0. The van der Waals surface area contributed by atoms with Gasteiger partial charge in [0.2, 0.25) is 0 Å². The van der Waals surface area contributed by atoms with E-state index in [0.717, 1.165) is 11.1 Å². The van der Waals surface area contributed by atoms with Gasteiger partial charge < -0.3 is 23.7 Å². The summed E-state index contributed by atoms with van der Waals surface area (Å²) in [5.41, 5.74) is 1.98. The maximum atomic E-state index is 6.14. The van der Waals surface area contributed by atoms with E-state index in [1.807, 2.05) is 60.7 Å². The van der Waals surface area contributed by atoms with Crippen LogP contribution < -0.4 is 0 Å². The third-order valence-corrected chi connectivity index (χ3v) is 4.64. The molecule has 0 aliphatic carbocycles. The fourth-order valence-electron chi connectivity index (χ4n) is 3.46. The third-order valence-electron chi connectivity index (χ3n) is 4.64. The van der Waals surface area contributed by atoms with E-state index >= 15 is 0 Å². The standard InChI is InChI=1S/C19H18O5/c1-3-7-12(8-4-1)17-20-11-14-15(22-17)16-19(21-14)24-18(23-16)13-9-5-2-6-10-13/h1-10,14-19H,11H2/t14-,15-,16+,17+,18+,19+/m0/s1. The first-order chi connectivity index (χ1) is 11.9. The summed E-state index contributed by atoms with van der Waals surface area (Å²) in [7, 11) is 0. The first kappa shape index (κ1) is 14.6. The molecule has 3 heterocycles. The molecule has 0 saturated carbocycles. The number of hydrogen-bond acceptors (Lipinski definition) is 5. The molecular formula is C19H18O5. The predicted molar refractivity (Wildman–Crippen MR) is 83.8 cm³/mol. The van der Waals surface area contributed by atoms with Crippen molar-refractivity contribution in [1.82, 2.24) is 0 Å². The Labute approximate surface area is 140 Å². The monoisotopic (exact) mass is 326 g/mol. The fourth-order valence-corrected chi connectivity index (χ4v) is 3.46. The molecule has 0 unspecified atom stereocenters. The van der Waals surface area contributed by atoms with Crippen molar-refractivity contribution >= 4 is 0 Å². The summed E-state index contributed by atoms with van der Waals surface area (Å²) in [5.74, 6) is 0. The second-order valence-corrected chi connectivity index (χ2v) is 6.20. The van der Waals surface area contributed by atoms with Crippen LogP contribution in [0.5, 0.6) is 0 Å². The Balaban J connectivity index is 1.33. The number of fused-ring (bicyclic) bond motifs is 3. The highest BCUT2D eigenvalue weighted by atomic mass is 16.8. The van der Waals surface area contributed by atoms with Crippen LogP contribution in [0.2, 0.25) is 0 Å². The van der Waals surface area contributed by atoms with Gasteiger partial charge in [-0.15, -0.1) is 0 Å². The SMILES string of the molecule is c1ccc([C@@H]2OC[C@@H]3O[C@@H]4O[C@H](c5ccccc5)O[C@@H]4[C@H]3O2)cc1. The van der Waals surface area contributed by atoms with Crippen LogP contribution in [0.3, 0.4) is 0 Å². The van der Waals surface area contributed by atoms with Crippen LogP contribution in [-0.2, 0) is 23.7 Å². The zero-order valence-electron chi connectivity index (χ0n) is 13.0. The van der Waals surface area contributed by atoms with Gasteiger partial charge in [0.1, 0.15) is 18.3 Å². The molecule has 0 bridgehead atoms. The summed E-state index contributed by atoms with van der Waals surface area (Å²) in [4.78, 5) is 0. The molecule has 2 aromatic rings. The lowest BCUT2D eigenvalue weighted by atomic mass is 10.1. The molecule has 0 N–H and O–H groups in total. The van der Waals surface area contributed by atoms with Crippen molar-refractivity contribution in [3.05, 3.63) is 71.8 Å². The van der Waals surface area contributed by atoms with Crippen LogP contribution in [0, 0.1) is 0 Å². The Morgan fingerprint density at radius 2 is 1.25 bits per heavy atom. The molecule has 6 atom stereocenters. The maximum absolute atomic E-state index is 6.14. The topological polar surface area (TPSA) is 46.2 Å². The van der Waals surface area contributed by atoms with Crippen molar-refractivity contribution in [2.75, 3.05) is 6.61 Å². The highest BCUT2D eigenvalue weighted by molar-refractivity contribution is 5.18. The van der Waals surface area contributed by atoms with E-state index in [-0.39, 0.29) is 18.3 Å². The molecular weight excluding hydrogens is 308 g/mol. The minimum Gasteiger partial charge on any atom is -0.346 e. The van der Waals surface area contributed by atoms with E-state index in [0.29, 0.717) is 6.61 Å². The highest BCUT2D eigenvalue weighted by Gasteiger charge is 2.55. The Morgan fingerprint density at radius 1 is 0.625 bits per heavy atom. The number of benzene rings is 2. The molecule has 0 spiro atoms. The van der Waals surface area contributed by atoms with E-state index in [1.54, 1.807) is 0 Å². The largest absolute Gasteiger partial charge is 0.346 e. The van der Waals surface area contributed by atoms with Crippen molar-refractivity contribution in [3.8, 4) is 0 Å². The lowest BCUT2D eigenvalue weighted by Gasteiger charge is -2.33. The van der Waals surface area contributed by atoms with Gasteiger partial charge in [0.15, 0.2) is 18.9 Å². The molecule has 3 fully saturated rings. The van der Waals surface area contributed by atoms with Gasteiger partial charge >= 0.3 is 0 Å². The van der Waals surface area contributed by atoms with E-state index < -0.39 is 18.9 Å². The normalized spacial score (nSPS) is 37.8. The van der Waals surface area contributed by atoms with Gasteiger partial charge in [0.05, 0.1) is 6.61 Å². The second kappa shape index (κ2) is 5.95. The van der Waals surface area contributed by atoms with Crippen LogP contribution in [0.25, 0.3) is 0 Å². The molecule has 5 heteroatoms. The number of hydrogen-bond donors (Lipinski definition) is 0. The van der Waals surface area contributed by atoms with Crippen molar-refractivity contribution in [2.45, 2.75) is 37.2 Å². The summed E-state index contributed by atoms with van der Waals surface area (Å²) < 4.78 is 29.9. The Kier molecular flexibility index (Phi) is 3.61. The molecule has 0 aromatic heterocycles. The Hall–Kier alpha value is -1.76. The summed E-state index contributed by atoms with van der Waals surface area (Å²) in [6.07, 6.45) is -1.81. The summed E-state index contributed by atoms with van der Waals surface area (Å²) in [6, 6.07) is 19.8. The van der Waals surface area contributed by atoms with Gasteiger partial charge in [-0.3, -0.25) is 0 Å². The smallest absolute Gasteiger partial charge is 0.190 e. The minimum absolute atomic E-state index is 0.156. The van der Waals surface area contributed by atoms with E-state index in [4.69, 9.17) is 23.7 Å². The van der Waals surface area contributed by atoms with Gasteiger partial charge in [-0.05, 0) is 0 Å². The highest BCUT2D eigenvalue weighted by Crippen LogP contribution is 2.43. The predicted octanol–water partition coefficient (Wildman–Crippen LogP) is 2.94. The molecule has 3 aliphatic rings. The molecule has 3 aliphatic heterocycles. The Bertz CT molecular complexity index is 691. The zero-order chi connectivity index (χ0) is 15.9. The van der Waals surface area contributed by atoms with Gasteiger partial charge in [-0.2, -0.15) is 0 Å². The van der Waals surface area contributed by atoms with Crippen molar-refractivity contribution in [3.63, 3.8) is 0 Å². The maximum Gasteiger partial charge on any atom is 0.190 e. The summed E-state index contributed by atoms with van der Waals surface area (Å²) >= 11 is 0. The van der Waals surface area contributed by atoms with Crippen LogP contribution >= 0.6 is 0 Å². The van der Waals surface area contributed by atoms with Crippen LogP contribution in [0.4, 0.5) is 0 Å². The molecule has 0 amide bonds. The van der Waals surface area contributed by atoms with Gasteiger partial charge in [-0.1, -0.05) is 60.7 Å². The number of ether oxygens (including phenoxy) is 5. The van der Waals surface area contributed by atoms with Crippen molar-refractivity contribution in [1.29, 1.82) is 0 Å². The minimum atomic E-state index is -0.414. The van der Waals surface area contributed by atoms with Crippen LogP contribution in [0.15, 0.2) is 60.7 Å². The van der Waals surface area contributed by atoms with E-state index in [2.05, 4.69) is 0 Å². The van der Waals surface area contributed by atoms with E-state index in [1.165, 1.54) is 0 Å². The Morgan fingerprint density at radius 3 is 1.96 bits per heavy atom. The lowest BCUT2D eigenvalue weighted by Crippen LogP contribution is -2.43. The molecule has 5 rings (SSSR count). The molecule has 2 aromatic carbocycles. The molecule has 24 heavy (non-hydrogen) atoms. The zero-order valence-corrected chi connectivity index (χ0v) is 13.0. The average Bonchev–Trinajstić information content (AvgIpc) is 3.21. The van der Waals surface area contributed by atoms with Crippen LogP contribution in [0.1, 0.15) is 23.7 Å². The first-order valence-corrected chi connectivity index (χ1v) is 8.22. The van der Waals surface area contributed by atoms with Crippen molar-refractivity contribution < 1.29 is 23.7 Å². The fraction of sp³-hybridized carbons (Fsp3) is 0.368. The van der Waals surface area contributed by atoms with Crippen LogP contribution in [-0.4, -0.2) is 31.2 Å². The first-order valence-electron chi connectivity index (χ1n) is 8.22. The van der Waals surface area contributed by atoms with Gasteiger partial charge in [0.25, 0.3) is 0 Å². The van der Waals surface area contributed by atoms with Gasteiger partial charge in [0, 0.05) is 11.1 Å². The third kappa shape index (κ3) is 2.46. The van der Waals surface area contributed by atoms with E-state index in [9.17, 15) is 0 Å². The second-order valence-electron chi connectivity index (χ2n) is 6.20. The van der Waals surface area contributed by atoms with Crippen molar-refractivity contribution in [2.24, 2.45) is 0 Å². The number of rotatable bonds is 2. The average molecular weight is 326 g/mol. The molecule has 3 saturated heterocycles. The molecule has 5 nitrogen and oxygen atoms in total. The molecule has 124 valence electrons. The molecule has 0 radical (unpaired) electrons. The quantitative estimate of drug-likeness (QED) is 0.849. The van der Waals surface area contributed by atoms with Gasteiger partial charge in [-0.25, -0.2) is 0 Å².